The van der Waals surface area contributed by atoms with E-state index in [1.165, 1.54) is 0 Å². The van der Waals surface area contributed by atoms with Crippen molar-refractivity contribution in [1.29, 1.82) is 0 Å². The van der Waals surface area contributed by atoms with Gasteiger partial charge in [-0.2, -0.15) is 0 Å². The van der Waals surface area contributed by atoms with Gasteiger partial charge in [-0.25, -0.2) is 0 Å². The average molecular weight is 449 g/mol. The van der Waals surface area contributed by atoms with Gasteiger partial charge in [-0.3, -0.25) is 4.99 Å². The lowest BCUT2D eigenvalue weighted by Gasteiger charge is -2.16. The Bertz CT molecular complexity index is 469. The normalized spacial score (nSPS) is 23.9. The Morgan fingerprint density at radius 1 is 1.12 bits per heavy atom. The molecule has 0 bridgehead atoms. The summed E-state index contributed by atoms with van der Waals surface area (Å²) in [7, 11) is 0. The minimum atomic E-state index is 0. The zero-order valence-corrected chi connectivity index (χ0v) is 16.4. The molecular weight excluding hydrogens is 421 g/mol. The van der Waals surface area contributed by atoms with Gasteiger partial charge in [-0.15, -0.1) is 24.0 Å². The van der Waals surface area contributed by atoms with Crippen LogP contribution in [0.2, 0.25) is 0 Å². The van der Waals surface area contributed by atoms with Gasteiger partial charge >= 0.3 is 0 Å². The fourth-order valence-corrected chi connectivity index (χ4v) is 2.93. The van der Waals surface area contributed by atoms with Gasteiger partial charge < -0.3 is 24.5 Å². The molecule has 2 atom stereocenters. The number of halogens is 1. The van der Waals surface area contributed by atoms with Gasteiger partial charge in [0.05, 0.1) is 25.0 Å². The smallest absolute Gasteiger partial charge is 0.191 e. The summed E-state index contributed by atoms with van der Waals surface area (Å²) in [5.74, 6) is 1.82. The van der Waals surface area contributed by atoms with Gasteiger partial charge in [0, 0.05) is 32.7 Å². The molecule has 2 unspecified atom stereocenters. The van der Waals surface area contributed by atoms with Crippen LogP contribution in [0.4, 0.5) is 0 Å². The summed E-state index contributed by atoms with van der Waals surface area (Å²) in [6, 6.07) is 3.90. The van der Waals surface area contributed by atoms with Crippen LogP contribution in [-0.2, 0) is 15.9 Å². The van der Waals surface area contributed by atoms with E-state index in [0.29, 0.717) is 12.6 Å². The second kappa shape index (κ2) is 10.9. The van der Waals surface area contributed by atoms with Gasteiger partial charge in [-0.05, 0) is 37.8 Å². The summed E-state index contributed by atoms with van der Waals surface area (Å²) in [6.45, 7) is 4.04. The van der Waals surface area contributed by atoms with Gasteiger partial charge in [0.1, 0.15) is 5.76 Å². The number of furan rings is 1. The number of hydrogen-bond acceptors (Lipinski definition) is 4. The molecule has 6 nitrogen and oxygen atoms in total. The minimum Gasteiger partial charge on any atom is -0.469 e. The molecule has 2 N–H and O–H groups in total. The molecule has 2 saturated heterocycles. The molecule has 0 aromatic carbocycles. The van der Waals surface area contributed by atoms with E-state index >= 15 is 0 Å². The standard InChI is InChI=1S/C17H27N3O3.HI/c1-4-14(21-9-1)7-8-18-17(19-12-15-5-2-10-22-15)20-13-16-6-3-11-23-16;/h1,4,9,15-16H,2-3,5-8,10-13H2,(H2,18,19,20);1H. The maximum absolute atomic E-state index is 5.66. The predicted octanol–water partition coefficient (Wildman–Crippen LogP) is 2.33. The molecule has 0 aliphatic carbocycles. The van der Waals surface area contributed by atoms with Crippen LogP contribution in [0.1, 0.15) is 31.4 Å². The molecule has 1 aromatic heterocycles. The van der Waals surface area contributed by atoms with Crippen molar-refractivity contribution in [3.63, 3.8) is 0 Å². The molecular formula is C17H28IN3O3. The largest absolute Gasteiger partial charge is 0.469 e. The van der Waals surface area contributed by atoms with Crippen molar-refractivity contribution < 1.29 is 13.9 Å². The highest BCUT2D eigenvalue weighted by Gasteiger charge is 2.17. The molecule has 2 fully saturated rings. The summed E-state index contributed by atoms with van der Waals surface area (Å²) in [5.41, 5.74) is 0. The number of hydrogen-bond donors (Lipinski definition) is 2. The second-order valence-electron chi connectivity index (χ2n) is 6.10. The van der Waals surface area contributed by atoms with Crippen molar-refractivity contribution in [2.24, 2.45) is 4.99 Å². The first kappa shape index (κ1) is 19.5. The van der Waals surface area contributed by atoms with E-state index in [-0.39, 0.29) is 30.1 Å². The van der Waals surface area contributed by atoms with Crippen LogP contribution in [0.5, 0.6) is 0 Å². The van der Waals surface area contributed by atoms with Crippen LogP contribution in [0.15, 0.2) is 27.8 Å². The van der Waals surface area contributed by atoms with Gasteiger partial charge in [0.25, 0.3) is 0 Å². The molecule has 0 spiro atoms. The zero-order valence-electron chi connectivity index (χ0n) is 14.0. The van der Waals surface area contributed by atoms with Crippen LogP contribution in [0, 0.1) is 0 Å². The topological polar surface area (TPSA) is 68.0 Å². The molecule has 3 heterocycles. The second-order valence-corrected chi connectivity index (χ2v) is 6.10. The lowest BCUT2D eigenvalue weighted by atomic mass is 10.2. The van der Waals surface area contributed by atoms with E-state index in [0.717, 1.165) is 70.1 Å². The summed E-state index contributed by atoms with van der Waals surface area (Å²) in [5, 5.41) is 6.77. The Labute approximate surface area is 160 Å². The molecule has 3 rings (SSSR count). The van der Waals surface area contributed by atoms with Crippen molar-refractivity contribution in [1.82, 2.24) is 10.6 Å². The monoisotopic (exact) mass is 449 g/mol. The Morgan fingerprint density at radius 3 is 2.58 bits per heavy atom. The fourth-order valence-electron chi connectivity index (χ4n) is 2.93. The van der Waals surface area contributed by atoms with Crippen molar-refractivity contribution in [3.8, 4) is 0 Å². The van der Waals surface area contributed by atoms with E-state index in [1.54, 1.807) is 6.26 Å². The van der Waals surface area contributed by atoms with Crippen LogP contribution < -0.4 is 10.6 Å². The van der Waals surface area contributed by atoms with E-state index in [1.807, 2.05) is 12.1 Å². The maximum Gasteiger partial charge on any atom is 0.191 e. The van der Waals surface area contributed by atoms with Crippen LogP contribution in [0.25, 0.3) is 0 Å². The number of ether oxygens (including phenoxy) is 2. The number of nitrogens with zero attached hydrogens (tertiary/aromatic N) is 1. The number of rotatable bonds is 7. The highest BCUT2D eigenvalue weighted by atomic mass is 127. The molecule has 0 amide bonds. The van der Waals surface area contributed by atoms with Crippen molar-refractivity contribution in [2.45, 2.75) is 44.3 Å². The molecule has 7 heteroatoms. The first-order chi connectivity index (χ1) is 11.4. The fraction of sp³-hybridized carbons (Fsp3) is 0.706. The Balaban J connectivity index is 0.00000208. The third-order valence-electron chi connectivity index (χ3n) is 4.24. The SMILES string of the molecule is I.c1coc(CCNC(=NCC2CCCO2)NCC2CCCO2)c1. The Hall–Kier alpha value is -0.800. The Morgan fingerprint density at radius 2 is 1.92 bits per heavy atom. The lowest BCUT2D eigenvalue weighted by molar-refractivity contribution is 0.113. The van der Waals surface area contributed by atoms with Crippen molar-refractivity contribution >= 4 is 29.9 Å². The number of guanidine groups is 1. The maximum atomic E-state index is 5.66. The average Bonchev–Trinajstić information content (AvgIpc) is 3.33. The highest BCUT2D eigenvalue weighted by molar-refractivity contribution is 14.0. The van der Waals surface area contributed by atoms with E-state index in [9.17, 15) is 0 Å². The van der Waals surface area contributed by atoms with Crippen LogP contribution in [-0.4, -0.2) is 51.0 Å². The first-order valence-corrected chi connectivity index (χ1v) is 8.68. The lowest BCUT2D eigenvalue weighted by Crippen LogP contribution is -2.42. The molecule has 2 aliphatic heterocycles. The van der Waals surface area contributed by atoms with Gasteiger partial charge in [0.15, 0.2) is 5.96 Å². The number of aliphatic imine (C=N–C) groups is 1. The summed E-state index contributed by atoms with van der Waals surface area (Å²) < 4.78 is 16.7. The van der Waals surface area contributed by atoms with Gasteiger partial charge in [-0.1, -0.05) is 0 Å². The summed E-state index contributed by atoms with van der Waals surface area (Å²) >= 11 is 0. The van der Waals surface area contributed by atoms with Crippen molar-refractivity contribution in [3.05, 3.63) is 24.2 Å². The van der Waals surface area contributed by atoms with E-state index < -0.39 is 0 Å². The predicted molar refractivity (Wildman–Crippen MR) is 104 cm³/mol. The molecule has 136 valence electrons. The van der Waals surface area contributed by atoms with E-state index in [4.69, 9.17) is 13.9 Å². The first-order valence-electron chi connectivity index (χ1n) is 8.68. The third kappa shape index (κ3) is 6.60. The van der Waals surface area contributed by atoms with Gasteiger partial charge in [0.2, 0.25) is 0 Å². The zero-order chi connectivity index (χ0) is 15.7. The molecule has 0 radical (unpaired) electrons. The summed E-state index contributed by atoms with van der Waals surface area (Å²) in [6.07, 6.45) is 7.64. The minimum absolute atomic E-state index is 0. The highest BCUT2D eigenvalue weighted by Crippen LogP contribution is 2.12. The molecule has 0 saturated carbocycles. The molecule has 24 heavy (non-hydrogen) atoms. The van der Waals surface area contributed by atoms with Crippen molar-refractivity contribution in [2.75, 3.05) is 32.8 Å². The Kier molecular flexibility index (Phi) is 8.90. The third-order valence-corrected chi connectivity index (χ3v) is 4.24. The quantitative estimate of drug-likeness (QED) is 0.380. The molecule has 2 aliphatic rings. The molecule has 1 aromatic rings. The van der Waals surface area contributed by atoms with Crippen LogP contribution >= 0.6 is 24.0 Å². The number of nitrogens with one attached hydrogen (secondary N) is 2. The van der Waals surface area contributed by atoms with E-state index in [2.05, 4.69) is 15.6 Å². The summed E-state index contributed by atoms with van der Waals surface area (Å²) in [4.78, 5) is 4.67. The van der Waals surface area contributed by atoms with Crippen LogP contribution in [0.3, 0.4) is 0 Å².